The number of carbonyl (C=O) groups is 1. The van der Waals surface area contributed by atoms with Crippen LogP contribution in [0.3, 0.4) is 0 Å². The first-order valence-corrected chi connectivity index (χ1v) is 16.4. The molecule has 1 N–H and O–H groups in total. The molecule has 1 atom stereocenters. The quantitative estimate of drug-likeness (QED) is 0.195. The average molecular weight is 671 g/mol. The summed E-state index contributed by atoms with van der Waals surface area (Å²) in [6.07, 6.45) is 1.45. The van der Waals surface area contributed by atoms with E-state index in [4.69, 9.17) is 28.1 Å². The second kappa shape index (κ2) is 15.4. The lowest BCUT2D eigenvalue weighted by molar-refractivity contribution is -0.140. The number of anilines is 1. The molecule has 49 heavy (non-hydrogen) atoms. The monoisotopic (exact) mass is 670 g/mol. The summed E-state index contributed by atoms with van der Waals surface area (Å²) in [6.45, 7) is 4.59. The molecule has 0 aliphatic carbocycles. The van der Waals surface area contributed by atoms with E-state index in [1.807, 2.05) is 36.4 Å². The zero-order valence-corrected chi connectivity index (χ0v) is 28.1. The van der Waals surface area contributed by atoms with Gasteiger partial charge in [0.15, 0.2) is 17.3 Å². The number of aromatic hydroxyl groups is 1. The number of ether oxygens (including phenoxy) is 5. The highest BCUT2D eigenvalue weighted by Gasteiger charge is 2.28. The highest BCUT2D eigenvalue weighted by molar-refractivity contribution is 5.71. The number of hydrogen-bond acceptors (Lipinski definition) is 11. The smallest absolute Gasteiger partial charge is 0.306 e. The molecule has 2 aliphatic heterocycles. The molecular weight excluding hydrogens is 628 g/mol. The van der Waals surface area contributed by atoms with Gasteiger partial charge in [-0.1, -0.05) is 18.2 Å². The van der Waals surface area contributed by atoms with E-state index < -0.39 is 23.1 Å². The fourth-order valence-electron chi connectivity index (χ4n) is 6.35. The Morgan fingerprint density at radius 3 is 2.45 bits per heavy atom. The summed E-state index contributed by atoms with van der Waals surface area (Å²) >= 11 is 0. The maximum atomic E-state index is 13.0. The molecule has 3 aromatic carbocycles. The SMILES string of the molecule is COC(=O)C[C@H](c1ccc(OCCc2ccc3c(c2)CCO3)c(OC)c1)c1oc(CN2CCN(c3ccc(OC)cc3)CC2)cc(=O)c1O. The number of benzene rings is 3. The summed E-state index contributed by atoms with van der Waals surface area (Å²) in [5, 5.41) is 11.0. The molecule has 6 rings (SSSR count). The molecule has 1 aromatic heterocycles. The van der Waals surface area contributed by atoms with Gasteiger partial charge in [-0.15, -0.1) is 0 Å². The van der Waals surface area contributed by atoms with Crippen molar-refractivity contribution >= 4 is 11.7 Å². The topological polar surface area (TPSA) is 120 Å². The Morgan fingerprint density at radius 1 is 0.918 bits per heavy atom. The molecule has 11 heteroatoms. The van der Waals surface area contributed by atoms with Crippen LogP contribution in [0.4, 0.5) is 5.69 Å². The Hall–Kier alpha value is -5.16. The molecule has 0 spiro atoms. The predicted molar refractivity (Wildman–Crippen MR) is 183 cm³/mol. The van der Waals surface area contributed by atoms with Crippen molar-refractivity contribution in [3.05, 3.63) is 105 Å². The van der Waals surface area contributed by atoms with E-state index in [-0.39, 0.29) is 12.2 Å². The first kappa shape index (κ1) is 33.7. The minimum absolute atomic E-state index is 0.000999. The normalized spacial score (nSPS) is 14.9. The van der Waals surface area contributed by atoms with Crippen LogP contribution in [0.25, 0.3) is 0 Å². The largest absolute Gasteiger partial charge is 0.502 e. The van der Waals surface area contributed by atoms with Crippen molar-refractivity contribution in [3.63, 3.8) is 0 Å². The number of esters is 1. The van der Waals surface area contributed by atoms with Crippen LogP contribution in [0, 0.1) is 0 Å². The Bertz CT molecular complexity index is 1810. The molecule has 0 bridgehead atoms. The maximum absolute atomic E-state index is 13.0. The van der Waals surface area contributed by atoms with Crippen molar-refractivity contribution in [2.24, 2.45) is 0 Å². The minimum Gasteiger partial charge on any atom is -0.502 e. The van der Waals surface area contributed by atoms with Crippen LogP contribution in [0.1, 0.15) is 40.5 Å². The third-order valence-corrected chi connectivity index (χ3v) is 9.10. The van der Waals surface area contributed by atoms with Crippen LogP contribution in [-0.4, -0.2) is 76.7 Å². The van der Waals surface area contributed by atoms with Gasteiger partial charge in [-0.25, -0.2) is 0 Å². The summed E-state index contributed by atoms with van der Waals surface area (Å²) in [6, 6.07) is 20.8. The number of rotatable bonds is 13. The molecule has 3 heterocycles. The fourth-order valence-corrected chi connectivity index (χ4v) is 6.35. The molecular formula is C38H42N2O9. The number of nitrogens with zero attached hydrogens (tertiary/aromatic N) is 2. The van der Waals surface area contributed by atoms with Gasteiger partial charge in [0.1, 0.15) is 17.3 Å². The summed E-state index contributed by atoms with van der Waals surface area (Å²) in [7, 11) is 4.48. The lowest BCUT2D eigenvalue weighted by atomic mass is 9.91. The predicted octanol–water partition coefficient (Wildman–Crippen LogP) is 4.94. The fraction of sp³-hybridized carbons (Fsp3) is 0.368. The molecule has 0 radical (unpaired) electrons. The van der Waals surface area contributed by atoms with Crippen molar-refractivity contribution < 1.29 is 38.0 Å². The maximum Gasteiger partial charge on any atom is 0.306 e. The molecule has 0 saturated carbocycles. The van der Waals surface area contributed by atoms with Gasteiger partial charge in [0.25, 0.3) is 0 Å². The standard InChI is InChI=1S/C38H42N2O9/c1-44-29-8-6-28(7-9-29)40-16-14-39(15-17-40)24-30-22-32(41)37(43)38(49-30)31(23-36(42)46-3)26-5-11-34(35(21-26)45-2)48-18-12-25-4-10-33-27(20-25)13-19-47-33/h4-11,20-22,31,43H,12-19,23-24H2,1-3H3/t31-/m1/s1. The van der Waals surface area contributed by atoms with Crippen molar-refractivity contribution in [2.45, 2.75) is 31.7 Å². The Kier molecular flexibility index (Phi) is 10.6. The second-order valence-corrected chi connectivity index (χ2v) is 12.1. The van der Waals surface area contributed by atoms with Gasteiger partial charge in [-0.2, -0.15) is 0 Å². The summed E-state index contributed by atoms with van der Waals surface area (Å²) < 4.78 is 33.9. The van der Waals surface area contributed by atoms with Crippen LogP contribution in [0.5, 0.6) is 28.7 Å². The number of piperazine rings is 1. The van der Waals surface area contributed by atoms with Crippen molar-refractivity contribution in [1.82, 2.24) is 4.90 Å². The number of carbonyl (C=O) groups excluding carboxylic acids is 1. The van der Waals surface area contributed by atoms with E-state index in [1.165, 1.54) is 25.8 Å². The van der Waals surface area contributed by atoms with E-state index in [0.29, 0.717) is 49.0 Å². The zero-order valence-electron chi connectivity index (χ0n) is 28.1. The van der Waals surface area contributed by atoms with E-state index in [1.54, 1.807) is 25.3 Å². The van der Waals surface area contributed by atoms with Crippen molar-refractivity contribution in [1.29, 1.82) is 0 Å². The van der Waals surface area contributed by atoms with Crippen molar-refractivity contribution in [2.75, 3.05) is 65.6 Å². The zero-order chi connectivity index (χ0) is 34.3. The van der Waals surface area contributed by atoms with E-state index in [2.05, 4.69) is 15.9 Å². The van der Waals surface area contributed by atoms with E-state index in [9.17, 15) is 14.7 Å². The molecule has 4 aromatic rings. The van der Waals surface area contributed by atoms with E-state index in [0.717, 1.165) is 55.3 Å². The van der Waals surface area contributed by atoms with Crippen LogP contribution in [-0.2, 0) is 28.9 Å². The molecule has 0 unspecified atom stereocenters. The summed E-state index contributed by atoms with van der Waals surface area (Å²) in [5.74, 6) is 1.25. The number of methoxy groups -OCH3 is 3. The average Bonchev–Trinajstić information content (AvgIpc) is 3.61. The molecule has 0 amide bonds. The molecule has 11 nitrogen and oxygen atoms in total. The van der Waals surface area contributed by atoms with E-state index >= 15 is 0 Å². The lowest BCUT2D eigenvalue weighted by Crippen LogP contribution is -2.46. The molecule has 1 fully saturated rings. The van der Waals surface area contributed by atoms with Gasteiger partial charge in [0.2, 0.25) is 11.2 Å². The van der Waals surface area contributed by atoms with Crippen LogP contribution in [0.2, 0.25) is 0 Å². The second-order valence-electron chi connectivity index (χ2n) is 12.1. The van der Waals surface area contributed by atoms with Crippen molar-refractivity contribution in [3.8, 4) is 28.7 Å². The first-order chi connectivity index (χ1) is 23.8. The highest BCUT2D eigenvalue weighted by Crippen LogP contribution is 2.38. The summed E-state index contributed by atoms with van der Waals surface area (Å²) in [4.78, 5) is 30.1. The third-order valence-electron chi connectivity index (χ3n) is 9.10. The Morgan fingerprint density at radius 2 is 1.71 bits per heavy atom. The van der Waals surface area contributed by atoms with Gasteiger partial charge >= 0.3 is 5.97 Å². The number of fused-ring (bicyclic) bond motifs is 1. The molecule has 2 aliphatic rings. The minimum atomic E-state index is -0.816. The highest BCUT2D eigenvalue weighted by atomic mass is 16.5. The van der Waals surface area contributed by atoms with Gasteiger partial charge in [-0.3, -0.25) is 14.5 Å². The molecule has 258 valence electrons. The first-order valence-electron chi connectivity index (χ1n) is 16.4. The van der Waals surface area contributed by atoms with Crippen LogP contribution < -0.4 is 29.3 Å². The third kappa shape index (κ3) is 7.94. The van der Waals surface area contributed by atoms with Gasteiger partial charge in [-0.05, 0) is 59.2 Å². The lowest BCUT2D eigenvalue weighted by Gasteiger charge is -2.36. The van der Waals surface area contributed by atoms with Gasteiger partial charge in [0.05, 0.1) is 53.4 Å². The van der Waals surface area contributed by atoms with Gasteiger partial charge < -0.3 is 38.1 Å². The Labute approximate surface area is 285 Å². The summed E-state index contributed by atoms with van der Waals surface area (Å²) in [5.41, 5.74) is 3.50. The Balaban J connectivity index is 1.17. The van der Waals surface area contributed by atoms with Gasteiger partial charge in [0, 0.05) is 50.8 Å². The van der Waals surface area contributed by atoms with Crippen LogP contribution >= 0.6 is 0 Å². The number of hydrogen-bond donors (Lipinski definition) is 1. The molecule has 1 saturated heterocycles. The van der Waals surface area contributed by atoms with Crippen LogP contribution in [0.15, 0.2) is 75.9 Å².